The monoisotopic (exact) mass is 275 g/mol. The molecule has 0 spiro atoms. The van der Waals surface area contributed by atoms with Crippen LogP contribution in [0.2, 0.25) is 0 Å². The van der Waals surface area contributed by atoms with Gasteiger partial charge >= 0.3 is 0 Å². The van der Waals surface area contributed by atoms with Gasteiger partial charge in [-0.2, -0.15) is 4.98 Å². The fourth-order valence-corrected chi connectivity index (χ4v) is 1.90. The molecule has 1 aromatic carbocycles. The van der Waals surface area contributed by atoms with Gasteiger partial charge in [0, 0.05) is 0 Å². The summed E-state index contributed by atoms with van der Waals surface area (Å²) in [5.41, 5.74) is 5.74. The van der Waals surface area contributed by atoms with Crippen LogP contribution < -0.4 is 10.5 Å². The third kappa shape index (κ3) is 3.36. The Morgan fingerprint density at radius 1 is 1.20 bits per heavy atom. The van der Waals surface area contributed by atoms with E-state index < -0.39 is 5.54 Å². The van der Waals surface area contributed by atoms with Crippen molar-refractivity contribution in [2.24, 2.45) is 5.73 Å². The summed E-state index contributed by atoms with van der Waals surface area (Å²) in [7, 11) is 0. The first-order valence-corrected chi connectivity index (χ1v) is 6.97. The molecule has 0 aliphatic rings. The van der Waals surface area contributed by atoms with Gasteiger partial charge in [0.25, 0.3) is 0 Å². The summed E-state index contributed by atoms with van der Waals surface area (Å²) in [6.45, 7) is 4.55. The Kier molecular flexibility index (Phi) is 4.74. The van der Waals surface area contributed by atoms with Gasteiger partial charge in [0.05, 0.1) is 18.6 Å². The van der Waals surface area contributed by atoms with Gasteiger partial charge in [0.1, 0.15) is 5.75 Å². The summed E-state index contributed by atoms with van der Waals surface area (Å²) in [6.07, 6.45) is 2.14. The highest BCUT2D eigenvalue weighted by molar-refractivity contribution is 5.20. The van der Waals surface area contributed by atoms with Crippen molar-refractivity contribution in [3.05, 3.63) is 42.0 Å². The molecular weight excluding hydrogens is 254 g/mol. The third-order valence-electron chi connectivity index (χ3n) is 3.50. The Hall–Kier alpha value is -1.88. The summed E-state index contributed by atoms with van der Waals surface area (Å²) >= 11 is 0. The molecule has 0 aliphatic carbocycles. The molecule has 2 N–H and O–H groups in total. The first-order valence-electron chi connectivity index (χ1n) is 6.97. The number of aromatic nitrogens is 2. The largest absolute Gasteiger partial charge is 0.493 e. The number of nitrogens with zero attached hydrogens (tertiary/aromatic N) is 2. The van der Waals surface area contributed by atoms with Gasteiger partial charge in [-0.3, -0.25) is 0 Å². The fraction of sp³-hybridized carbons (Fsp3) is 0.467. The molecule has 20 heavy (non-hydrogen) atoms. The topological polar surface area (TPSA) is 74.2 Å². The van der Waals surface area contributed by atoms with E-state index in [1.54, 1.807) is 0 Å². The molecule has 0 saturated heterocycles. The standard InChI is InChI=1S/C15H21N3O2/c1-3-15(16,4-2)14-17-13(20-18-14)10-11-19-12-8-6-5-7-9-12/h5-9H,3-4,10-11,16H2,1-2H3. The molecular formula is C15H21N3O2. The molecule has 0 radical (unpaired) electrons. The maximum absolute atomic E-state index is 6.23. The average Bonchev–Trinajstić information content (AvgIpc) is 2.97. The van der Waals surface area contributed by atoms with Crippen molar-refractivity contribution >= 4 is 0 Å². The van der Waals surface area contributed by atoms with Crippen molar-refractivity contribution in [3.63, 3.8) is 0 Å². The van der Waals surface area contributed by atoms with Crippen LogP contribution in [0.4, 0.5) is 0 Å². The summed E-state index contributed by atoms with van der Waals surface area (Å²) in [6, 6.07) is 9.65. The lowest BCUT2D eigenvalue weighted by molar-refractivity contribution is 0.289. The molecule has 2 rings (SSSR count). The lowest BCUT2D eigenvalue weighted by atomic mass is 9.93. The van der Waals surface area contributed by atoms with Gasteiger partial charge < -0.3 is 15.0 Å². The van der Waals surface area contributed by atoms with E-state index >= 15 is 0 Å². The zero-order chi connectivity index (χ0) is 14.4. The van der Waals surface area contributed by atoms with Crippen LogP contribution in [-0.4, -0.2) is 16.7 Å². The quantitative estimate of drug-likeness (QED) is 0.840. The number of hydrogen-bond donors (Lipinski definition) is 1. The van der Waals surface area contributed by atoms with Gasteiger partial charge in [-0.25, -0.2) is 0 Å². The van der Waals surface area contributed by atoms with Crippen LogP contribution >= 0.6 is 0 Å². The number of rotatable bonds is 7. The molecule has 108 valence electrons. The van der Waals surface area contributed by atoms with Crippen LogP contribution in [0, 0.1) is 0 Å². The predicted molar refractivity (Wildman–Crippen MR) is 76.4 cm³/mol. The maximum atomic E-state index is 6.23. The summed E-state index contributed by atoms with van der Waals surface area (Å²) in [5, 5.41) is 3.99. The number of para-hydroxylation sites is 1. The van der Waals surface area contributed by atoms with Crippen molar-refractivity contribution in [2.75, 3.05) is 6.61 Å². The second-order valence-corrected chi connectivity index (χ2v) is 4.79. The highest BCUT2D eigenvalue weighted by Gasteiger charge is 2.28. The Labute approximate surface area is 119 Å². The van der Waals surface area contributed by atoms with Crippen molar-refractivity contribution in [3.8, 4) is 5.75 Å². The Bertz CT molecular complexity index is 521. The molecule has 5 nitrogen and oxygen atoms in total. The minimum Gasteiger partial charge on any atom is -0.493 e. The van der Waals surface area contributed by atoms with Crippen LogP contribution in [0.15, 0.2) is 34.9 Å². The molecule has 0 bridgehead atoms. The van der Waals surface area contributed by atoms with E-state index in [1.807, 2.05) is 44.2 Å². The Morgan fingerprint density at radius 2 is 1.90 bits per heavy atom. The van der Waals surface area contributed by atoms with Crippen molar-refractivity contribution in [2.45, 2.75) is 38.6 Å². The minimum atomic E-state index is -0.498. The second kappa shape index (κ2) is 6.52. The fourth-order valence-electron chi connectivity index (χ4n) is 1.90. The minimum absolute atomic E-state index is 0.498. The first-order chi connectivity index (χ1) is 9.68. The molecule has 0 amide bonds. The van der Waals surface area contributed by atoms with Crippen molar-refractivity contribution in [1.29, 1.82) is 0 Å². The molecule has 0 fully saturated rings. The lowest BCUT2D eigenvalue weighted by Crippen LogP contribution is -2.36. The molecule has 0 atom stereocenters. The van der Waals surface area contributed by atoms with Crippen LogP contribution in [0.5, 0.6) is 5.75 Å². The highest BCUT2D eigenvalue weighted by atomic mass is 16.5. The normalized spacial score (nSPS) is 11.6. The van der Waals surface area contributed by atoms with Crippen LogP contribution in [-0.2, 0) is 12.0 Å². The molecule has 1 heterocycles. The Morgan fingerprint density at radius 3 is 2.55 bits per heavy atom. The number of benzene rings is 1. The maximum Gasteiger partial charge on any atom is 0.230 e. The van der Waals surface area contributed by atoms with Crippen molar-refractivity contribution in [1.82, 2.24) is 10.1 Å². The molecule has 0 unspecified atom stereocenters. The molecule has 0 aliphatic heterocycles. The highest BCUT2D eigenvalue weighted by Crippen LogP contribution is 2.22. The van der Waals surface area contributed by atoms with Gasteiger partial charge in [0.15, 0.2) is 5.82 Å². The van der Waals surface area contributed by atoms with Gasteiger partial charge in [0.2, 0.25) is 5.89 Å². The Balaban J connectivity index is 1.90. The van der Waals surface area contributed by atoms with Crippen LogP contribution in [0.25, 0.3) is 0 Å². The molecule has 2 aromatic rings. The number of ether oxygens (including phenoxy) is 1. The SMILES string of the molecule is CCC(N)(CC)c1noc(CCOc2ccccc2)n1. The van der Waals surface area contributed by atoms with E-state index in [4.69, 9.17) is 15.0 Å². The van der Waals surface area contributed by atoms with E-state index in [0.717, 1.165) is 18.6 Å². The molecule has 0 saturated carbocycles. The lowest BCUT2D eigenvalue weighted by Gasteiger charge is -2.21. The first kappa shape index (κ1) is 14.5. The molecule has 5 heteroatoms. The number of hydrogen-bond acceptors (Lipinski definition) is 5. The number of nitrogens with two attached hydrogens (primary N) is 1. The van der Waals surface area contributed by atoms with Crippen LogP contribution in [0.3, 0.4) is 0 Å². The van der Waals surface area contributed by atoms with E-state index in [2.05, 4.69) is 10.1 Å². The van der Waals surface area contributed by atoms with E-state index in [9.17, 15) is 0 Å². The van der Waals surface area contributed by atoms with Gasteiger partial charge in [-0.15, -0.1) is 0 Å². The molecule has 1 aromatic heterocycles. The third-order valence-corrected chi connectivity index (χ3v) is 3.50. The van der Waals surface area contributed by atoms with Gasteiger partial charge in [-0.05, 0) is 25.0 Å². The smallest absolute Gasteiger partial charge is 0.230 e. The summed E-state index contributed by atoms with van der Waals surface area (Å²) < 4.78 is 10.8. The van der Waals surface area contributed by atoms with E-state index in [1.165, 1.54) is 0 Å². The van der Waals surface area contributed by atoms with Gasteiger partial charge in [-0.1, -0.05) is 37.2 Å². The van der Waals surface area contributed by atoms with E-state index in [-0.39, 0.29) is 0 Å². The van der Waals surface area contributed by atoms with E-state index in [0.29, 0.717) is 24.7 Å². The second-order valence-electron chi connectivity index (χ2n) is 4.79. The van der Waals surface area contributed by atoms with Crippen LogP contribution in [0.1, 0.15) is 38.4 Å². The zero-order valence-corrected chi connectivity index (χ0v) is 12.0. The summed E-state index contributed by atoms with van der Waals surface area (Å²) in [5.74, 6) is 1.98. The van der Waals surface area contributed by atoms with Crippen molar-refractivity contribution < 1.29 is 9.26 Å². The summed E-state index contributed by atoms with van der Waals surface area (Å²) in [4.78, 5) is 4.37. The predicted octanol–water partition coefficient (Wildman–Crippen LogP) is 2.67. The zero-order valence-electron chi connectivity index (χ0n) is 12.0. The average molecular weight is 275 g/mol.